The predicted molar refractivity (Wildman–Crippen MR) is 126 cm³/mol. The fourth-order valence-corrected chi connectivity index (χ4v) is 5.45. The van der Waals surface area contributed by atoms with Gasteiger partial charge in [0.15, 0.2) is 6.20 Å². The van der Waals surface area contributed by atoms with Gasteiger partial charge in [-0.05, 0) is 42.8 Å². The van der Waals surface area contributed by atoms with E-state index in [9.17, 15) is 8.42 Å². The summed E-state index contributed by atoms with van der Waals surface area (Å²) in [4.78, 5) is 3.27. The summed E-state index contributed by atoms with van der Waals surface area (Å²) in [7, 11) is -3.98. The number of hydrogen-bond acceptors (Lipinski definition) is 5. The van der Waals surface area contributed by atoms with E-state index in [2.05, 4.69) is 46.0 Å². The molecule has 6 nitrogen and oxygen atoms in total. The summed E-state index contributed by atoms with van der Waals surface area (Å²) < 4.78 is 33.7. The van der Waals surface area contributed by atoms with Gasteiger partial charge in [-0.2, -0.15) is 13.0 Å². The molecule has 0 radical (unpaired) electrons. The molecule has 0 saturated carbocycles. The highest BCUT2D eigenvalue weighted by molar-refractivity contribution is 8.03. The molecular formula is C23H26N3O3S2+. The lowest BCUT2D eigenvalue weighted by Gasteiger charge is -2.20. The maximum Gasteiger partial charge on any atom is 0.264 e. The summed E-state index contributed by atoms with van der Waals surface area (Å²) in [5.74, 6) is -0.251. The maximum absolute atomic E-state index is 11.2. The van der Waals surface area contributed by atoms with E-state index < -0.39 is 10.1 Å². The van der Waals surface area contributed by atoms with Gasteiger partial charge in [0.2, 0.25) is 5.52 Å². The Labute approximate surface area is 187 Å². The number of nitrogens with zero attached hydrogens (tertiary/aromatic N) is 2. The molecule has 0 unspecified atom stereocenters. The Hall–Kier alpha value is -2.39. The van der Waals surface area contributed by atoms with Crippen molar-refractivity contribution in [2.75, 3.05) is 23.7 Å². The molecule has 1 aliphatic heterocycles. The summed E-state index contributed by atoms with van der Waals surface area (Å²) in [6, 6.07) is 18.5. The van der Waals surface area contributed by atoms with Crippen LogP contribution in [-0.4, -0.2) is 31.8 Å². The Morgan fingerprint density at radius 2 is 1.84 bits per heavy atom. The van der Waals surface area contributed by atoms with Gasteiger partial charge in [0.1, 0.15) is 6.54 Å². The predicted octanol–water partition coefficient (Wildman–Crippen LogP) is 3.66. The molecule has 3 N–H and O–H groups in total. The van der Waals surface area contributed by atoms with Crippen LogP contribution in [0.2, 0.25) is 0 Å². The number of pyridine rings is 1. The Bertz CT molecular complexity index is 1230. The molecule has 0 aliphatic carbocycles. The van der Waals surface area contributed by atoms with Gasteiger partial charge < -0.3 is 10.6 Å². The second-order valence-corrected chi connectivity index (χ2v) is 10.1. The largest absolute Gasteiger partial charge is 0.335 e. The molecule has 2 heterocycles. The number of hydrogen-bond donors (Lipinski definition) is 2. The van der Waals surface area contributed by atoms with Crippen molar-refractivity contribution in [3.05, 3.63) is 71.4 Å². The van der Waals surface area contributed by atoms with Crippen LogP contribution in [0.25, 0.3) is 17.0 Å². The smallest absolute Gasteiger partial charge is 0.264 e. The summed E-state index contributed by atoms with van der Waals surface area (Å²) >= 11 is 1.68. The lowest BCUT2D eigenvalue weighted by molar-refractivity contribution is -0.671. The lowest BCUT2D eigenvalue weighted by Crippen LogP contribution is -2.35. The fraction of sp³-hybridized carbons (Fsp3) is 0.261. The third kappa shape index (κ3) is 5.10. The van der Waals surface area contributed by atoms with Gasteiger partial charge in [-0.15, -0.1) is 0 Å². The molecule has 31 heavy (non-hydrogen) atoms. The zero-order chi connectivity index (χ0) is 21.8. The third-order valence-electron chi connectivity index (χ3n) is 5.26. The van der Waals surface area contributed by atoms with Gasteiger partial charge >= 0.3 is 0 Å². The highest BCUT2D eigenvalue weighted by Crippen LogP contribution is 2.46. The molecule has 0 atom stereocenters. The molecule has 4 rings (SSSR count). The second kappa shape index (κ2) is 9.40. The van der Waals surface area contributed by atoms with Crippen LogP contribution in [0.1, 0.15) is 18.4 Å². The molecule has 0 saturated heterocycles. The van der Waals surface area contributed by atoms with Gasteiger partial charge in [0, 0.05) is 30.0 Å². The standard InChI is InChI=1S/C23H25N3O3S2/c24-12-5-13-25-15-11-18(19-7-1-2-8-20(19)25)17-23-26(14-6-16-31(27,28)29)21-9-3-4-10-22(21)30-23/h1-4,7-11,15,17H,5-6,12-14,16,24H2/p+1. The molecule has 0 fully saturated rings. The van der Waals surface area contributed by atoms with Crippen LogP contribution in [-0.2, 0) is 16.7 Å². The first-order valence-corrected chi connectivity index (χ1v) is 12.7. The van der Waals surface area contributed by atoms with Crippen molar-refractivity contribution >= 4 is 44.5 Å². The van der Waals surface area contributed by atoms with E-state index in [4.69, 9.17) is 10.3 Å². The number of anilines is 1. The SMILES string of the molecule is NCCC[n+]1ccc(C=C2Sc3ccccc3N2CCCS(=O)(=O)O)c2ccccc21. The van der Waals surface area contributed by atoms with Crippen LogP contribution < -0.4 is 15.2 Å². The van der Waals surface area contributed by atoms with Crippen molar-refractivity contribution < 1.29 is 17.5 Å². The van der Waals surface area contributed by atoms with Gasteiger partial charge in [0.05, 0.1) is 21.9 Å². The Balaban J connectivity index is 1.70. The van der Waals surface area contributed by atoms with Crippen LogP contribution >= 0.6 is 11.8 Å². The van der Waals surface area contributed by atoms with Gasteiger partial charge in [-0.1, -0.05) is 36.0 Å². The quantitative estimate of drug-likeness (QED) is 0.397. The van der Waals surface area contributed by atoms with Crippen molar-refractivity contribution in [2.24, 2.45) is 5.73 Å². The second-order valence-electron chi connectivity index (χ2n) is 7.47. The minimum absolute atomic E-state index is 0.251. The molecule has 1 aromatic heterocycles. The molecular weight excluding hydrogens is 430 g/mol. The summed E-state index contributed by atoms with van der Waals surface area (Å²) in [6.45, 7) is 2.03. The van der Waals surface area contributed by atoms with Crippen LogP contribution in [0.4, 0.5) is 5.69 Å². The fourth-order valence-electron chi connectivity index (χ4n) is 3.82. The zero-order valence-electron chi connectivity index (χ0n) is 17.1. The highest BCUT2D eigenvalue weighted by atomic mass is 32.2. The summed E-state index contributed by atoms with van der Waals surface area (Å²) in [6.07, 6.45) is 5.52. The van der Waals surface area contributed by atoms with Gasteiger partial charge in [-0.25, -0.2) is 0 Å². The normalized spacial score (nSPS) is 15.0. The molecule has 0 spiro atoms. The average molecular weight is 457 g/mol. The van der Waals surface area contributed by atoms with Gasteiger partial charge in [0.25, 0.3) is 10.1 Å². The molecule has 162 valence electrons. The van der Waals surface area contributed by atoms with Crippen molar-refractivity contribution in [1.82, 2.24) is 0 Å². The number of nitrogens with two attached hydrogens (primary N) is 1. The minimum Gasteiger partial charge on any atom is -0.335 e. The topological polar surface area (TPSA) is 87.5 Å². The summed E-state index contributed by atoms with van der Waals surface area (Å²) in [5, 5.41) is 2.20. The number of rotatable bonds is 8. The molecule has 2 aromatic carbocycles. The number of fused-ring (bicyclic) bond motifs is 2. The van der Waals surface area contributed by atoms with E-state index in [1.54, 1.807) is 11.8 Å². The Morgan fingerprint density at radius 1 is 1.06 bits per heavy atom. The van der Waals surface area contributed by atoms with E-state index in [1.807, 2.05) is 30.3 Å². The minimum atomic E-state index is -3.98. The summed E-state index contributed by atoms with van der Waals surface area (Å²) in [5.41, 5.74) is 9.02. The van der Waals surface area contributed by atoms with E-state index in [0.29, 0.717) is 19.5 Å². The first-order valence-electron chi connectivity index (χ1n) is 10.3. The number of thioether (sulfide) groups is 1. The van der Waals surface area contributed by atoms with E-state index in [-0.39, 0.29) is 5.75 Å². The van der Waals surface area contributed by atoms with Crippen LogP contribution in [0, 0.1) is 0 Å². The Kier molecular flexibility index (Phi) is 6.62. The van der Waals surface area contributed by atoms with Gasteiger partial charge in [-0.3, -0.25) is 4.55 Å². The van der Waals surface area contributed by atoms with Crippen LogP contribution in [0.5, 0.6) is 0 Å². The first-order chi connectivity index (χ1) is 15.0. The van der Waals surface area contributed by atoms with Crippen molar-refractivity contribution in [1.29, 1.82) is 0 Å². The number of aryl methyl sites for hydroxylation is 1. The van der Waals surface area contributed by atoms with E-state index in [0.717, 1.165) is 45.0 Å². The lowest BCUT2D eigenvalue weighted by atomic mass is 10.1. The molecule has 1 aliphatic rings. The molecule has 0 bridgehead atoms. The molecule has 3 aromatic rings. The van der Waals surface area contributed by atoms with Crippen molar-refractivity contribution in [3.63, 3.8) is 0 Å². The monoisotopic (exact) mass is 456 g/mol. The average Bonchev–Trinajstić information content (AvgIpc) is 3.09. The molecule has 0 amide bonds. The van der Waals surface area contributed by atoms with Crippen LogP contribution in [0.3, 0.4) is 0 Å². The maximum atomic E-state index is 11.2. The van der Waals surface area contributed by atoms with Crippen molar-refractivity contribution in [2.45, 2.75) is 24.3 Å². The Morgan fingerprint density at radius 3 is 2.65 bits per heavy atom. The van der Waals surface area contributed by atoms with E-state index >= 15 is 0 Å². The van der Waals surface area contributed by atoms with Crippen LogP contribution in [0.15, 0.2) is 70.7 Å². The third-order valence-corrected chi connectivity index (χ3v) is 7.18. The van der Waals surface area contributed by atoms with E-state index in [1.165, 1.54) is 0 Å². The number of para-hydroxylation sites is 2. The van der Waals surface area contributed by atoms with Crippen molar-refractivity contribution in [3.8, 4) is 0 Å². The highest BCUT2D eigenvalue weighted by Gasteiger charge is 2.25. The molecule has 8 heteroatoms. The number of benzene rings is 2. The zero-order valence-corrected chi connectivity index (χ0v) is 18.8. The first kappa shape index (κ1) is 21.8. The number of aromatic nitrogens is 1.